The summed E-state index contributed by atoms with van der Waals surface area (Å²) < 4.78 is 33.1. The van der Waals surface area contributed by atoms with Crippen molar-refractivity contribution in [2.75, 3.05) is 33.3 Å². The molecule has 8 heteroatoms. The van der Waals surface area contributed by atoms with E-state index in [0.29, 0.717) is 25.4 Å². The number of carbonyl (C=O) groups is 1. The minimum atomic E-state index is -3.63. The van der Waals surface area contributed by atoms with Gasteiger partial charge in [-0.3, -0.25) is 4.79 Å². The van der Waals surface area contributed by atoms with Gasteiger partial charge in [0.25, 0.3) is 0 Å². The van der Waals surface area contributed by atoms with E-state index in [1.165, 1.54) is 11.4 Å². The third kappa shape index (κ3) is 4.62. The fourth-order valence-electron chi connectivity index (χ4n) is 3.81. The monoisotopic (exact) mass is 395 g/mol. The highest BCUT2D eigenvalue weighted by Crippen LogP contribution is 2.30. The minimum absolute atomic E-state index is 0.0211. The van der Waals surface area contributed by atoms with Crippen molar-refractivity contribution >= 4 is 15.9 Å². The van der Waals surface area contributed by atoms with Crippen LogP contribution in [0.4, 0.5) is 0 Å². The number of sulfonamides is 1. The molecular weight excluding hydrogens is 366 g/mol. The first-order valence-corrected chi connectivity index (χ1v) is 11.0. The van der Waals surface area contributed by atoms with Crippen LogP contribution in [0.1, 0.15) is 31.2 Å². The van der Waals surface area contributed by atoms with E-state index >= 15 is 0 Å². The Bertz CT molecular complexity index is 775. The number of piperidine rings is 1. The van der Waals surface area contributed by atoms with Crippen LogP contribution in [-0.2, 0) is 14.8 Å². The molecule has 2 aliphatic rings. The Labute approximate surface area is 161 Å². The SMILES string of the molecule is COc1ccc(C)cc1S(=O)(=O)N1CCCC(CNC(=O)C2CCCN2)C1. The summed E-state index contributed by atoms with van der Waals surface area (Å²) in [6.07, 6.45) is 3.58. The van der Waals surface area contributed by atoms with Gasteiger partial charge in [0.05, 0.1) is 13.2 Å². The average molecular weight is 396 g/mol. The largest absolute Gasteiger partial charge is 0.495 e. The van der Waals surface area contributed by atoms with E-state index in [4.69, 9.17) is 4.74 Å². The Balaban J connectivity index is 1.66. The fraction of sp³-hybridized carbons (Fsp3) is 0.632. The molecule has 2 atom stereocenters. The number of carbonyl (C=O) groups excluding carboxylic acids is 1. The molecule has 0 radical (unpaired) electrons. The van der Waals surface area contributed by atoms with Crippen molar-refractivity contribution in [1.82, 2.24) is 14.9 Å². The molecule has 1 amide bonds. The van der Waals surface area contributed by atoms with Gasteiger partial charge in [-0.05, 0) is 62.8 Å². The maximum atomic E-state index is 13.2. The van der Waals surface area contributed by atoms with E-state index in [0.717, 1.165) is 37.8 Å². The molecule has 3 rings (SSSR count). The second-order valence-electron chi connectivity index (χ2n) is 7.42. The van der Waals surface area contributed by atoms with Gasteiger partial charge < -0.3 is 15.4 Å². The van der Waals surface area contributed by atoms with E-state index in [9.17, 15) is 13.2 Å². The molecular formula is C19H29N3O4S. The number of nitrogens with zero attached hydrogens (tertiary/aromatic N) is 1. The van der Waals surface area contributed by atoms with Crippen LogP contribution in [-0.4, -0.2) is 58.0 Å². The number of ether oxygens (including phenoxy) is 1. The number of amides is 1. The summed E-state index contributed by atoms with van der Waals surface area (Å²) in [5.41, 5.74) is 0.874. The van der Waals surface area contributed by atoms with Crippen molar-refractivity contribution in [1.29, 1.82) is 0 Å². The molecule has 7 nitrogen and oxygen atoms in total. The van der Waals surface area contributed by atoms with Gasteiger partial charge in [-0.1, -0.05) is 6.07 Å². The molecule has 2 aliphatic heterocycles. The number of aryl methyl sites for hydroxylation is 1. The molecule has 0 aromatic heterocycles. The number of nitrogens with one attached hydrogen (secondary N) is 2. The van der Waals surface area contributed by atoms with Crippen LogP contribution in [0.15, 0.2) is 23.1 Å². The van der Waals surface area contributed by atoms with Gasteiger partial charge in [0.2, 0.25) is 15.9 Å². The molecule has 0 bridgehead atoms. The summed E-state index contributed by atoms with van der Waals surface area (Å²) in [6, 6.07) is 5.08. The molecule has 1 aromatic rings. The van der Waals surface area contributed by atoms with Crippen LogP contribution in [0.3, 0.4) is 0 Å². The van der Waals surface area contributed by atoms with Gasteiger partial charge in [0, 0.05) is 19.6 Å². The van der Waals surface area contributed by atoms with Gasteiger partial charge in [0.15, 0.2) is 0 Å². The van der Waals surface area contributed by atoms with Gasteiger partial charge >= 0.3 is 0 Å². The van der Waals surface area contributed by atoms with Crippen molar-refractivity contribution < 1.29 is 17.9 Å². The molecule has 150 valence electrons. The van der Waals surface area contributed by atoms with E-state index in [1.807, 2.05) is 13.0 Å². The van der Waals surface area contributed by atoms with Crippen molar-refractivity contribution in [2.24, 2.45) is 5.92 Å². The molecule has 0 saturated carbocycles. The predicted molar refractivity (Wildman–Crippen MR) is 103 cm³/mol. The quantitative estimate of drug-likeness (QED) is 0.757. The predicted octanol–water partition coefficient (Wildman–Crippen LogP) is 1.27. The Morgan fingerprint density at radius 1 is 1.33 bits per heavy atom. The van der Waals surface area contributed by atoms with Gasteiger partial charge in [-0.15, -0.1) is 0 Å². The van der Waals surface area contributed by atoms with Crippen LogP contribution in [0, 0.1) is 12.8 Å². The van der Waals surface area contributed by atoms with E-state index in [-0.39, 0.29) is 22.8 Å². The number of rotatable bonds is 6. The molecule has 27 heavy (non-hydrogen) atoms. The molecule has 0 spiro atoms. The zero-order valence-corrected chi connectivity index (χ0v) is 16.8. The van der Waals surface area contributed by atoms with Crippen molar-refractivity contribution in [2.45, 2.75) is 43.5 Å². The smallest absolute Gasteiger partial charge is 0.246 e. The highest BCUT2D eigenvalue weighted by molar-refractivity contribution is 7.89. The summed E-state index contributed by atoms with van der Waals surface area (Å²) in [6.45, 7) is 4.16. The third-order valence-electron chi connectivity index (χ3n) is 5.36. The number of benzene rings is 1. The van der Waals surface area contributed by atoms with Crippen LogP contribution in [0.5, 0.6) is 5.75 Å². The normalized spacial score (nSPS) is 23.9. The van der Waals surface area contributed by atoms with Gasteiger partial charge in [0.1, 0.15) is 10.6 Å². The van der Waals surface area contributed by atoms with Gasteiger partial charge in [-0.25, -0.2) is 8.42 Å². The van der Waals surface area contributed by atoms with E-state index < -0.39 is 10.0 Å². The summed E-state index contributed by atoms with van der Waals surface area (Å²) >= 11 is 0. The summed E-state index contributed by atoms with van der Waals surface area (Å²) in [5, 5.41) is 6.17. The molecule has 1 aromatic carbocycles. The van der Waals surface area contributed by atoms with Gasteiger partial charge in [-0.2, -0.15) is 4.31 Å². The minimum Gasteiger partial charge on any atom is -0.495 e. The second kappa shape index (κ2) is 8.58. The zero-order valence-electron chi connectivity index (χ0n) is 16.0. The van der Waals surface area contributed by atoms with Crippen molar-refractivity contribution in [3.05, 3.63) is 23.8 Å². The fourth-order valence-corrected chi connectivity index (χ4v) is 5.61. The lowest BCUT2D eigenvalue weighted by Crippen LogP contribution is -2.46. The molecule has 2 saturated heterocycles. The standard InChI is InChI=1S/C19H29N3O4S/c1-14-7-8-17(26-2)18(11-14)27(24,25)22-10-4-5-15(13-22)12-21-19(23)16-6-3-9-20-16/h7-8,11,15-16,20H,3-6,9-10,12-13H2,1-2H3,(H,21,23). The lowest BCUT2D eigenvalue weighted by molar-refractivity contribution is -0.123. The summed E-state index contributed by atoms with van der Waals surface area (Å²) in [4.78, 5) is 12.4. The van der Waals surface area contributed by atoms with Crippen LogP contribution in [0.25, 0.3) is 0 Å². The maximum Gasteiger partial charge on any atom is 0.246 e. The number of hydrogen-bond acceptors (Lipinski definition) is 5. The topological polar surface area (TPSA) is 87.7 Å². The second-order valence-corrected chi connectivity index (χ2v) is 9.33. The van der Waals surface area contributed by atoms with Crippen molar-refractivity contribution in [3.8, 4) is 5.75 Å². The van der Waals surface area contributed by atoms with Crippen LogP contribution in [0.2, 0.25) is 0 Å². The molecule has 0 aliphatic carbocycles. The molecule has 2 fully saturated rings. The summed E-state index contributed by atoms with van der Waals surface area (Å²) in [7, 11) is -2.15. The summed E-state index contributed by atoms with van der Waals surface area (Å²) in [5.74, 6) is 0.505. The zero-order chi connectivity index (χ0) is 19.4. The molecule has 2 unspecified atom stereocenters. The lowest BCUT2D eigenvalue weighted by atomic mass is 9.99. The number of methoxy groups -OCH3 is 1. The third-order valence-corrected chi connectivity index (χ3v) is 7.25. The van der Waals surface area contributed by atoms with Crippen molar-refractivity contribution in [3.63, 3.8) is 0 Å². The molecule has 2 heterocycles. The maximum absolute atomic E-state index is 13.2. The highest BCUT2D eigenvalue weighted by Gasteiger charge is 2.33. The Morgan fingerprint density at radius 3 is 2.85 bits per heavy atom. The lowest BCUT2D eigenvalue weighted by Gasteiger charge is -2.32. The average Bonchev–Trinajstić information content (AvgIpc) is 3.21. The Morgan fingerprint density at radius 2 is 2.15 bits per heavy atom. The van der Waals surface area contributed by atoms with E-state index in [2.05, 4.69) is 10.6 Å². The highest BCUT2D eigenvalue weighted by atomic mass is 32.2. The Kier molecular flexibility index (Phi) is 6.39. The first-order valence-electron chi connectivity index (χ1n) is 9.57. The Hall–Kier alpha value is -1.64. The van der Waals surface area contributed by atoms with Crippen LogP contribution < -0.4 is 15.4 Å². The van der Waals surface area contributed by atoms with Crippen LogP contribution >= 0.6 is 0 Å². The number of hydrogen-bond donors (Lipinski definition) is 2. The molecule has 2 N–H and O–H groups in total. The van der Waals surface area contributed by atoms with E-state index in [1.54, 1.807) is 12.1 Å². The first-order chi connectivity index (χ1) is 12.9. The first kappa shape index (κ1) is 20.1.